The number of ether oxygens (including phenoxy) is 1. The van der Waals surface area contributed by atoms with Gasteiger partial charge in [-0.25, -0.2) is 0 Å². The fraction of sp³-hybridized carbons (Fsp3) is 0.200. The Morgan fingerprint density at radius 1 is 1.11 bits per heavy atom. The number of halogens is 1. The maximum absolute atomic E-state index is 6.00. The van der Waals surface area contributed by atoms with Crippen LogP contribution in [0.2, 0.25) is 5.02 Å². The smallest absolute Gasteiger partial charge is 0.128 e. The zero-order chi connectivity index (χ0) is 12.8. The van der Waals surface area contributed by atoms with E-state index < -0.39 is 0 Å². The lowest BCUT2D eigenvalue weighted by Gasteiger charge is -2.10. The van der Waals surface area contributed by atoms with Crippen LogP contribution in [0.25, 0.3) is 0 Å². The van der Waals surface area contributed by atoms with Crippen molar-refractivity contribution in [3.63, 3.8) is 0 Å². The van der Waals surface area contributed by atoms with Crippen LogP contribution in [0.15, 0.2) is 48.5 Å². The second-order valence-corrected chi connectivity index (χ2v) is 4.58. The first kappa shape index (κ1) is 12.9. The average molecular weight is 263 g/mol. The van der Waals surface area contributed by atoms with E-state index in [4.69, 9.17) is 16.3 Å². The van der Waals surface area contributed by atoms with Gasteiger partial charge in [-0.3, -0.25) is 0 Å². The molecule has 0 heterocycles. The molecule has 0 aliphatic rings. The minimum Gasteiger partial charge on any atom is -0.488 e. The van der Waals surface area contributed by atoms with Crippen LogP contribution in [0.1, 0.15) is 11.1 Å². The molecule has 0 unspecified atom stereocenters. The molecular weight excluding hydrogens is 246 g/mol. The van der Waals surface area contributed by atoms with Crippen molar-refractivity contribution in [3.05, 3.63) is 64.7 Å². The summed E-state index contributed by atoms with van der Waals surface area (Å²) in [4.78, 5) is 0. The molecule has 0 amide bonds. The van der Waals surface area contributed by atoms with Crippen molar-refractivity contribution in [2.24, 2.45) is 0 Å². The molecule has 0 aromatic heterocycles. The summed E-state index contributed by atoms with van der Waals surface area (Å²) in [7, 11) is 2.03. The molecule has 0 spiro atoms. The van der Waals surface area contributed by atoms with Gasteiger partial charge in [-0.15, -0.1) is 0 Å². The van der Waals surface area contributed by atoms with Crippen LogP contribution in [0, 0.1) is 0 Å². The lowest BCUT2D eigenvalue weighted by Crippen LogP contribution is -2.77. The zero-order valence-corrected chi connectivity index (χ0v) is 11.2. The highest BCUT2D eigenvalue weighted by Crippen LogP contribution is 2.23. The molecule has 0 radical (unpaired) electrons. The highest BCUT2D eigenvalue weighted by Gasteiger charge is 2.06. The monoisotopic (exact) mass is 262 g/mol. The molecule has 0 saturated heterocycles. The van der Waals surface area contributed by atoms with E-state index in [1.807, 2.05) is 43.4 Å². The number of nitrogens with two attached hydrogens (primary N) is 1. The van der Waals surface area contributed by atoms with E-state index in [1.54, 1.807) is 0 Å². The standard InChI is InChI=1S/C15H16ClNO/c1-17-10-13-9-14(16)7-8-15(13)18-11-12-5-3-2-4-6-12/h2-9,17H,10-11H2,1H3/p+1. The molecule has 0 bridgehead atoms. The first-order chi connectivity index (χ1) is 8.79. The quantitative estimate of drug-likeness (QED) is 0.881. The Bertz CT molecular complexity index is 499. The molecule has 2 aromatic carbocycles. The van der Waals surface area contributed by atoms with Crippen molar-refractivity contribution < 1.29 is 10.1 Å². The number of quaternary nitrogens is 1. The second-order valence-electron chi connectivity index (χ2n) is 4.14. The van der Waals surface area contributed by atoms with Gasteiger partial charge < -0.3 is 10.1 Å². The summed E-state index contributed by atoms with van der Waals surface area (Å²) in [5.41, 5.74) is 2.29. The van der Waals surface area contributed by atoms with Gasteiger partial charge in [0.15, 0.2) is 0 Å². The van der Waals surface area contributed by atoms with Crippen molar-refractivity contribution in [2.45, 2.75) is 13.2 Å². The van der Waals surface area contributed by atoms with Crippen LogP contribution in [0.3, 0.4) is 0 Å². The van der Waals surface area contributed by atoms with Crippen molar-refractivity contribution in [1.29, 1.82) is 0 Å². The van der Waals surface area contributed by atoms with Crippen molar-refractivity contribution in [1.82, 2.24) is 0 Å². The third-order valence-corrected chi connectivity index (χ3v) is 2.92. The molecule has 0 fully saturated rings. The molecule has 2 aromatic rings. The SMILES string of the molecule is C[NH2+]Cc1cc(Cl)ccc1OCc1ccccc1. The summed E-state index contributed by atoms with van der Waals surface area (Å²) in [6.45, 7) is 1.45. The molecule has 0 aliphatic heterocycles. The average Bonchev–Trinajstić information content (AvgIpc) is 2.39. The van der Waals surface area contributed by atoms with Crippen LogP contribution < -0.4 is 10.1 Å². The van der Waals surface area contributed by atoms with Gasteiger partial charge >= 0.3 is 0 Å². The summed E-state index contributed by atoms with van der Waals surface area (Å²) in [5.74, 6) is 0.904. The molecule has 2 nitrogen and oxygen atoms in total. The van der Waals surface area contributed by atoms with Gasteiger partial charge in [0, 0.05) is 10.6 Å². The highest BCUT2D eigenvalue weighted by molar-refractivity contribution is 6.30. The second kappa shape index (κ2) is 6.43. The summed E-state index contributed by atoms with van der Waals surface area (Å²) < 4.78 is 5.85. The van der Waals surface area contributed by atoms with E-state index >= 15 is 0 Å². The maximum atomic E-state index is 6.00. The molecule has 2 rings (SSSR count). The fourth-order valence-corrected chi connectivity index (χ4v) is 2.00. The lowest BCUT2D eigenvalue weighted by molar-refractivity contribution is -0.643. The van der Waals surface area contributed by atoms with Crippen molar-refractivity contribution in [2.75, 3.05) is 7.05 Å². The minimum absolute atomic E-state index is 0.583. The largest absolute Gasteiger partial charge is 0.488 e. The molecule has 3 heteroatoms. The van der Waals surface area contributed by atoms with E-state index in [2.05, 4.69) is 17.4 Å². The molecular formula is C15H17ClNO+. The Kier molecular flexibility index (Phi) is 4.62. The van der Waals surface area contributed by atoms with Crippen molar-refractivity contribution in [3.8, 4) is 5.75 Å². The Labute approximate surface area is 113 Å². The van der Waals surface area contributed by atoms with Crippen LogP contribution >= 0.6 is 11.6 Å². The molecule has 0 atom stereocenters. The number of hydrogen-bond acceptors (Lipinski definition) is 1. The number of rotatable bonds is 5. The molecule has 0 aliphatic carbocycles. The number of benzene rings is 2. The van der Waals surface area contributed by atoms with Gasteiger partial charge in [0.25, 0.3) is 0 Å². The summed E-state index contributed by atoms with van der Waals surface area (Å²) in [5, 5.41) is 2.85. The van der Waals surface area contributed by atoms with Gasteiger partial charge in [0.2, 0.25) is 0 Å². The van der Waals surface area contributed by atoms with Crippen LogP contribution in [0.5, 0.6) is 5.75 Å². The highest BCUT2D eigenvalue weighted by atomic mass is 35.5. The first-order valence-corrected chi connectivity index (χ1v) is 6.40. The van der Waals surface area contributed by atoms with Gasteiger partial charge in [-0.1, -0.05) is 41.9 Å². The third-order valence-electron chi connectivity index (χ3n) is 2.68. The van der Waals surface area contributed by atoms with Crippen LogP contribution in [-0.2, 0) is 13.2 Å². The van der Waals surface area contributed by atoms with E-state index in [9.17, 15) is 0 Å². The molecule has 2 N–H and O–H groups in total. The summed E-state index contributed by atoms with van der Waals surface area (Å²) in [6.07, 6.45) is 0. The molecule has 0 saturated carbocycles. The Hall–Kier alpha value is -1.51. The van der Waals surface area contributed by atoms with Gasteiger partial charge in [0.1, 0.15) is 18.9 Å². The fourth-order valence-electron chi connectivity index (χ4n) is 1.80. The van der Waals surface area contributed by atoms with Crippen LogP contribution in [0.4, 0.5) is 0 Å². The predicted octanol–water partition coefficient (Wildman–Crippen LogP) is 2.61. The number of hydrogen-bond donors (Lipinski definition) is 1. The van der Waals surface area contributed by atoms with E-state index in [0.29, 0.717) is 6.61 Å². The van der Waals surface area contributed by atoms with E-state index in [0.717, 1.165) is 22.9 Å². The normalized spacial score (nSPS) is 10.3. The zero-order valence-electron chi connectivity index (χ0n) is 10.4. The maximum Gasteiger partial charge on any atom is 0.128 e. The topological polar surface area (TPSA) is 25.8 Å². The predicted molar refractivity (Wildman–Crippen MR) is 73.8 cm³/mol. The Balaban J connectivity index is 2.09. The van der Waals surface area contributed by atoms with Gasteiger partial charge in [-0.2, -0.15) is 0 Å². The molecule has 94 valence electrons. The van der Waals surface area contributed by atoms with Crippen molar-refractivity contribution >= 4 is 11.6 Å². The van der Waals surface area contributed by atoms with E-state index in [-0.39, 0.29) is 0 Å². The lowest BCUT2D eigenvalue weighted by atomic mass is 10.2. The Morgan fingerprint density at radius 2 is 1.89 bits per heavy atom. The van der Waals surface area contributed by atoms with Gasteiger partial charge in [0.05, 0.1) is 7.05 Å². The third kappa shape index (κ3) is 3.49. The van der Waals surface area contributed by atoms with Crippen LogP contribution in [-0.4, -0.2) is 7.05 Å². The first-order valence-electron chi connectivity index (χ1n) is 6.02. The Morgan fingerprint density at radius 3 is 2.61 bits per heavy atom. The minimum atomic E-state index is 0.583. The molecule has 18 heavy (non-hydrogen) atoms. The summed E-state index contributed by atoms with van der Waals surface area (Å²) in [6, 6.07) is 15.9. The van der Waals surface area contributed by atoms with Gasteiger partial charge in [-0.05, 0) is 23.8 Å². The van der Waals surface area contributed by atoms with E-state index in [1.165, 1.54) is 5.56 Å². The summed E-state index contributed by atoms with van der Waals surface area (Å²) >= 11 is 6.00.